The van der Waals surface area contributed by atoms with Crippen molar-refractivity contribution in [1.82, 2.24) is 4.98 Å². The second-order valence-electron chi connectivity index (χ2n) is 4.93. The Morgan fingerprint density at radius 3 is 2.71 bits per heavy atom. The topological polar surface area (TPSA) is 98.6 Å². The molecule has 0 fully saturated rings. The molecule has 0 amide bonds. The van der Waals surface area contributed by atoms with Crippen LogP contribution >= 0.6 is 0 Å². The van der Waals surface area contributed by atoms with E-state index >= 15 is 0 Å². The van der Waals surface area contributed by atoms with E-state index in [-0.39, 0.29) is 23.7 Å². The van der Waals surface area contributed by atoms with Gasteiger partial charge in [0.25, 0.3) is 0 Å². The number of ether oxygens (including phenoxy) is 2. The summed E-state index contributed by atoms with van der Waals surface area (Å²) in [6.45, 7) is -0.170. The van der Waals surface area contributed by atoms with Crippen molar-refractivity contribution in [2.75, 3.05) is 7.11 Å². The van der Waals surface area contributed by atoms with Crippen LogP contribution in [0.15, 0.2) is 51.7 Å². The zero-order valence-electron chi connectivity index (χ0n) is 12.7. The van der Waals surface area contributed by atoms with E-state index in [4.69, 9.17) is 9.15 Å². The number of pyridine rings is 1. The molecule has 3 aromatic rings. The monoisotopic (exact) mass is 327 g/mol. The van der Waals surface area contributed by atoms with Crippen molar-refractivity contribution in [3.05, 3.63) is 69.9 Å². The first-order valence-corrected chi connectivity index (χ1v) is 7.04. The van der Waals surface area contributed by atoms with Gasteiger partial charge in [0.1, 0.15) is 12.4 Å². The quantitative estimate of drug-likeness (QED) is 0.738. The average molecular weight is 327 g/mol. The summed E-state index contributed by atoms with van der Waals surface area (Å²) in [5, 5.41) is 0.580. The molecule has 0 aliphatic rings. The van der Waals surface area contributed by atoms with Crippen molar-refractivity contribution in [1.29, 1.82) is 0 Å². The summed E-state index contributed by atoms with van der Waals surface area (Å²) in [6.07, 6.45) is 0. The Morgan fingerprint density at radius 2 is 1.92 bits per heavy atom. The molecule has 122 valence electrons. The predicted molar refractivity (Wildman–Crippen MR) is 83.7 cm³/mol. The number of methoxy groups -OCH3 is 1. The third kappa shape index (κ3) is 3.05. The highest BCUT2D eigenvalue weighted by Gasteiger charge is 2.15. The standard InChI is InChI=1S/C17H13NO6/c1-22-17(21)14-7-6-10(24-14)9-23-16(20)12-8-15(19)18-13-5-3-2-4-11(12)13/h2-8H,9H2,1H3,(H,18,19). The highest BCUT2D eigenvalue weighted by Crippen LogP contribution is 2.17. The molecule has 0 bridgehead atoms. The molecule has 3 rings (SSSR count). The zero-order chi connectivity index (χ0) is 17.1. The number of H-pyrrole nitrogens is 1. The maximum atomic E-state index is 12.3. The highest BCUT2D eigenvalue weighted by molar-refractivity contribution is 6.03. The third-order valence-electron chi connectivity index (χ3n) is 3.36. The molecule has 2 heterocycles. The largest absolute Gasteiger partial charge is 0.463 e. The van der Waals surface area contributed by atoms with Crippen LogP contribution in [-0.2, 0) is 16.1 Å². The first-order valence-electron chi connectivity index (χ1n) is 7.04. The molecule has 0 saturated heterocycles. The summed E-state index contributed by atoms with van der Waals surface area (Å²) in [7, 11) is 1.24. The minimum Gasteiger partial charge on any atom is -0.463 e. The minimum atomic E-state index is -0.659. The fourth-order valence-corrected chi connectivity index (χ4v) is 2.25. The summed E-state index contributed by atoms with van der Waals surface area (Å²) in [4.78, 5) is 37.9. The van der Waals surface area contributed by atoms with Gasteiger partial charge in [-0.3, -0.25) is 4.79 Å². The van der Waals surface area contributed by atoms with E-state index in [9.17, 15) is 14.4 Å². The van der Waals surface area contributed by atoms with Crippen molar-refractivity contribution in [3.63, 3.8) is 0 Å². The van der Waals surface area contributed by atoms with Gasteiger partial charge in [-0.05, 0) is 18.2 Å². The van der Waals surface area contributed by atoms with E-state index < -0.39 is 17.5 Å². The van der Waals surface area contributed by atoms with Gasteiger partial charge in [-0.1, -0.05) is 18.2 Å². The van der Waals surface area contributed by atoms with E-state index in [1.165, 1.54) is 25.3 Å². The second-order valence-corrected chi connectivity index (χ2v) is 4.93. The van der Waals surface area contributed by atoms with Gasteiger partial charge in [0.2, 0.25) is 11.3 Å². The molecule has 0 unspecified atom stereocenters. The van der Waals surface area contributed by atoms with Crippen LogP contribution in [0.25, 0.3) is 10.9 Å². The number of para-hydroxylation sites is 1. The molecule has 24 heavy (non-hydrogen) atoms. The number of carbonyl (C=O) groups excluding carboxylic acids is 2. The molecule has 0 aliphatic heterocycles. The molecule has 0 spiro atoms. The number of esters is 2. The second kappa shape index (κ2) is 6.41. The van der Waals surface area contributed by atoms with Crippen LogP contribution in [-0.4, -0.2) is 24.0 Å². The number of carbonyl (C=O) groups is 2. The Hall–Kier alpha value is -3.35. The molecule has 2 aromatic heterocycles. The summed E-state index contributed by atoms with van der Waals surface area (Å²) in [6, 6.07) is 11.0. The number of hydrogen-bond donors (Lipinski definition) is 1. The van der Waals surface area contributed by atoms with Gasteiger partial charge >= 0.3 is 11.9 Å². The van der Waals surface area contributed by atoms with Gasteiger partial charge in [0.05, 0.1) is 12.7 Å². The van der Waals surface area contributed by atoms with Gasteiger partial charge in [0.15, 0.2) is 0 Å². The van der Waals surface area contributed by atoms with E-state index in [1.807, 2.05) is 0 Å². The fourth-order valence-electron chi connectivity index (χ4n) is 2.25. The van der Waals surface area contributed by atoms with Gasteiger partial charge in [0, 0.05) is 17.0 Å². The summed E-state index contributed by atoms with van der Waals surface area (Å²) in [5.74, 6) is -0.968. The zero-order valence-corrected chi connectivity index (χ0v) is 12.7. The minimum absolute atomic E-state index is 0.0187. The lowest BCUT2D eigenvalue weighted by Crippen LogP contribution is -2.12. The number of benzene rings is 1. The lowest BCUT2D eigenvalue weighted by molar-refractivity contribution is 0.0440. The number of rotatable bonds is 4. The fraction of sp³-hybridized carbons (Fsp3) is 0.118. The summed E-state index contributed by atoms with van der Waals surface area (Å²) >= 11 is 0. The SMILES string of the molecule is COC(=O)c1ccc(COC(=O)c2cc(=O)[nH]c3ccccc23)o1. The van der Waals surface area contributed by atoms with Crippen LogP contribution < -0.4 is 5.56 Å². The van der Waals surface area contributed by atoms with Crippen LogP contribution in [0.3, 0.4) is 0 Å². The van der Waals surface area contributed by atoms with Crippen molar-refractivity contribution >= 4 is 22.8 Å². The number of furan rings is 1. The normalized spacial score (nSPS) is 10.5. The van der Waals surface area contributed by atoms with E-state index in [2.05, 4.69) is 9.72 Å². The highest BCUT2D eigenvalue weighted by atomic mass is 16.5. The van der Waals surface area contributed by atoms with Crippen LogP contribution in [0.4, 0.5) is 0 Å². The predicted octanol–water partition coefficient (Wildman–Crippen LogP) is 2.26. The van der Waals surface area contributed by atoms with Gasteiger partial charge in [-0.15, -0.1) is 0 Å². The lowest BCUT2D eigenvalue weighted by Gasteiger charge is -2.06. The molecule has 0 aliphatic carbocycles. The van der Waals surface area contributed by atoms with Crippen molar-refractivity contribution in [2.24, 2.45) is 0 Å². The third-order valence-corrected chi connectivity index (χ3v) is 3.36. The molecule has 1 aromatic carbocycles. The first kappa shape index (κ1) is 15.5. The number of nitrogens with one attached hydrogen (secondary N) is 1. The van der Waals surface area contributed by atoms with Gasteiger partial charge in [-0.2, -0.15) is 0 Å². The first-order chi connectivity index (χ1) is 11.6. The van der Waals surface area contributed by atoms with E-state index in [1.54, 1.807) is 24.3 Å². The Labute approximate surface area is 135 Å². The lowest BCUT2D eigenvalue weighted by atomic mass is 10.1. The molecule has 0 radical (unpaired) electrons. The number of aromatic amines is 1. The smallest absolute Gasteiger partial charge is 0.373 e. The van der Waals surface area contributed by atoms with Crippen molar-refractivity contribution < 1.29 is 23.5 Å². The van der Waals surface area contributed by atoms with Crippen molar-refractivity contribution in [2.45, 2.75) is 6.61 Å². The molecule has 1 N–H and O–H groups in total. The average Bonchev–Trinajstić information content (AvgIpc) is 3.07. The Morgan fingerprint density at radius 1 is 1.12 bits per heavy atom. The van der Waals surface area contributed by atoms with Crippen LogP contribution in [0.2, 0.25) is 0 Å². The maximum absolute atomic E-state index is 12.3. The number of fused-ring (bicyclic) bond motifs is 1. The summed E-state index contributed by atoms with van der Waals surface area (Å²) in [5.41, 5.74) is 0.309. The van der Waals surface area contributed by atoms with Crippen molar-refractivity contribution in [3.8, 4) is 0 Å². The molecular formula is C17H13NO6. The molecule has 0 saturated carbocycles. The van der Waals surface area contributed by atoms with E-state index in [0.717, 1.165) is 0 Å². The van der Waals surface area contributed by atoms with Crippen LogP contribution in [0.5, 0.6) is 0 Å². The van der Waals surface area contributed by atoms with Crippen LogP contribution in [0.1, 0.15) is 26.7 Å². The summed E-state index contributed by atoms with van der Waals surface area (Å²) < 4.78 is 14.9. The molecule has 7 heteroatoms. The molecule has 7 nitrogen and oxygen atoms in total. The maximum Gasteiger partial charge on any atom is 0.373 e. The van der Waals surface area contributed by atoms with Gasteiger partial charge in [-0.25, -0.2) is 9.59 Å². The number of aromatic nitrogens is 1. The Balaban J connectivity index is 1.80. The van der Waals surface area contributed by atoms with E-state index in [0.29, 0.717) is 10.9 Å². The van der Waals surface area contributed by atoms with Gasteiger partial charge < -0.3 is 18.9 Å². The number of hydrogen-bond acceptors (Lipinski definition) is 6. The molecule has 0 atom stereocenters. The van der Waals surface area contributed by atoms with Crippen LogP contribution in [0, 0.1) is 0 Å². The molecular weight excluding hydrogens is 314 g/mol. The Kier molecular flexibility index (Phi) is 4.15. The Bertz CT molecular complexity index is 968.